The number of ether oxygens (including phenoxy) is 3. The van der Waals surface area contributed by atoms with Crippen molar-refractivity contribution in [2.45, 2.75) is 13.5 Å². The van der Waals surface area contributed by atoms with Gasteiger partial charge in [0, 0.05) is 6.54 Å². The van der Waals surface area contributed by atoms with Crippen molar-refractivity contribution in [1.29, 1.82) is 0 Å². The summed E-state index contributed by atoms with van der Waals surface area (Å²) < 4.78 is 20.1. The van der Waals surface area contributed by atoms with Crippen LogP contribution < -0.4 is 14.2 Å². The summed E-state index contributed by atoms with van der Waals surface area (Å²) >= 11 is 0. The molecule has 0 saturated carbocycles. The number of rotatable bonds is 8. The van der Waals surface area contributed by atoms with Crippen LogP contribution in [0.3, 0.4) is 0 Å². The molecular formula is C25H25N3O4. The summed E-state index contributed by atoms with van der Waals surface area (Å²) in [5.74, 6) is 1.41. The minimum atomic E-state index is -0.139. The van der Waals surface area contributed by atoms with Gasteiger partial charge in [-0.05, 0) is 42.8 Å². The van der Waals surface area contributed by atoms with E-state index >= 15 is 0 Å². The number of methoxy groups -OCH3 is 3. The van der Waals surface area contributed by atoms with E-state index in [0.717, 1.165) is 22.2 Å². The largest absolute Gasteiger partial charge is 0.493 e. The van der Waals surface area contributed by atoms with Crippen LogP contribution in [0.2, 0.25) is 0 Å². The fourth-order valence-electron chi connectivity index (χ4n) is 3.97. The predicted molar refractivity (Wildman–Crippen MR) is 125 cm³/mol. The van der Waals surface area contributed by atoms with Crippen molar-refractivity contribution in [2.24, 2.45) is 0 Å². The number of aromatic nitrogens is 3. The highest BCUT2D eigenvalue weighted by atomic mass is 16.5. The van der Waals surface area contributed by atoms with E-state index in [2.05, 4.69) is 16.2 Å². The van der Waals surface area contributed by atoms with E-state index in [1.807, 2.05) is 41.8 Å². The maximum atomic E-state index is 13.3. The molecule has 0 aliphatic carbocycles. The molecule has 164 valence electrons. The number of aryl methyl sites for hydroxylation is 1. The van der Waals surface area contributed by atoms with Crippen LogP contribution in [0.15, 0.2) is 55.1 Å². The van der Waals surface area contributed by atoms with Gasteiger partial charge in [0.15, 0.2) is 17.3 Å². The first kappa shape index (κ1) is 21.2. The lowest BCUT2D eigenvalue weighted by molar-refractivity contribution is 0.104. The van der Waals surface area contributed by atoms with Crippen molar-refractivity contribution in [1.82, 2.24) is 14.2 Å². The van der Waals surface area contributed by atoms with Crippen molar-refractivity contribution in [3.8, 4) is 17.2 Å². The molecule has 4 aromatic rings. The van der Waals surface area contributed by atoms with Crippen LogP contribution in [0.5, 0.6) is 17.2 Å². The smallest absolute Gasteiger partial charge is 0.203 e. The van der Waals surface area contributed by atoms with Crippen LogP contribution in [-0.4, -0.2) is 41.3 Å². The van der Waals surface area contributed by atoms with Gasteiger partial charge in [-0.1, -0.05) is 24.3 Å². The Morgan fingerprint density at radius 1 is 1.06 bits per heavy atom. The number of para-hydroxylation sites is 2. The standard InChI is InChI=1S/C25H25N3O4/c1-6-13-27-18-9-7-8-10-19(18)28-25(27)23(16(2)26-28)20(29)12-11-17-14-21(30-3)24(32-5)22(15-17)31-4/h6-12,14-15H,1,13H2,2-5H3. The van der Waals surface area contributed by atoms with Gasteiger partial charge in [0.1, 0.15) is 5.65 Å². The summed E-state index contributed by atoms with van der Waals surface area (Å²) in [5, 5.41) is 4.65. The number of carbonyl (C=O) groups is 1. The number of hydrogen-bond donors (Lipinski definition) is 0. The third kappa shape index (κ3) is 3.41. The summed E-state index contributed by atoms with van der Waals surface area (Å²) in [4.78, 5) is 13.3. The van der Waals surface area contributed by atoms with Gasteiger partial charge >= 0.3 is 0 Å². The Kier molecular flexibility index (Phi) is 5.73. The second-order valence-corrected chi connectivity index (χ2v) is 7.24. The molecule has 0 aliphatic rings. The van der Waals surface area contributed by atoms with Crippen molar-refractivity contribution in [3.05, 3.63) is 72.0 Å². The summed E-state index contributed by atoms with van der Waals surface area (Å²) in [6.45, 7) is 6.29. The van der Waals surface area contributed by atoms with E-state index in [9.17, 15) is 4.79 Å². The fourth-order valence-corrected chi connectivity index (χ4v) is 3.97. The molecule has 0 aliphatic heterocycles. The number of fused-ring (bicyclic) bond motifs is 3. The van der Waals surface area contributed by atoms with Gasteiger partial charge in [-0.15, -0.1) is 6.58 Å². The topological polar surface area (TPSA) is 67.0 Å². The minimum Gasteiger partial charge on any atom is -0.493 e. The summed E-state index contributed by atoms with van der Waals surface area (Å²) in [6, 6.07) is 11.5. The van der Waals surface area contributed by atoms with Gasteiger partial charge in [-0.25, -0.2) is 4.52 Å². The number of benzene rings is 2. The molecule has 7 nitrogen and oxygen atoms in total. The molecule has 2 aromatic carbocycles. The predicted octanol–water partition coefficient (Wildman–Crippen LogP) is 4.71. The molecule has 0 saturated heterocycles. The summed E-state index contributed by atoms with van der Waals surface area (Å²) in [7, 11) is 4.67. The van der Waals surface area contributed by atoms with Crippen LogP contribution in [0, 0.1) is 6.92 Å². The lowest BCUT2D eigenvalue weighted by Gasteiger charge is -2.12. The first-order valence-electron chi connectivity index (χ1n) is 10.1. The highest BCUT2D eigenvalue weighted by molar-refractivity contribution is 6.12. The molecule has 32 heavy (non-hydrogen) atoms. The molecule has 0 bridgehead atoms. The highest BCUT2D eigenvalue weighted by Crippen LogP contribution is 2.38. The molecule has 7 heteroatoms. The molecule has 2 heterocycles. The zero-order valence-corrected chi connectivity index (χ0v) is 18.6. The highest BCUT2D eigenvalue weighted by Gasteiger charge is 2.22. The van der Waals surface area contributed by atoms with Gasteiger partial charge < -0.3 is 18.8 Å². The Morgan fingerprint density at radius 3 is 2.31 bits per heavy atom. The number of allylic oxidation sites excluding steroid dienone is 2. The monoisotopic (exact) mass is 431 g/mol. The summed E-state index contributed by atoms with van der Waals surface area (Å²) in [6.07, 6.45) is 5.09. The molecule has 0 fully saturated rings. The van der Waals surface area contributed by atoms with Crippen molar-refractivity contribution in [2.75, 3.05) is 21.3 Å². The van der Waals surface area contributed by atoms with Crippen molar-refractivity contribution >= 4 is 28.5 Å². The molecule has 0 N–H and O–H groups in total. The number of imidazole rings is 1. The molecule has 0 radical (unpaired) electrons. The number of ketones is 1. The zero-order chi connectivity index (χ0) is 22.8. The normalized spacial score (nSPS) is 11.4. The van der Waals surface area contributed by atoms with E-state index < -0.39 is 0 Å². The first-order valence-corrected chi connectivity index (χ1v) is 10.1. The lowest BCUT2D eigenvalue weighted by atomic mass is 10.1. The van der Waals surface area contributed by atoms with Crippen molar-refractivity contribution < 1.29 is 19.0 Å². The van der Waals surface area contributed by atoms with Crippen LogP contribution >= 0.6 is 0 Å². The minimum absolute atomic E-state index is 0.139. The Balaban J connectivity index is 1.81. The lowest BCUT2D eigenvalue weighted by Crippen LogP contribution is -2.02. The van der Waals surface area contributed by atoms with Gasteiger partial charge in [0.05, 0.1) is 43.6 Å². The van der Waals surface area contributed by atoms with Crippen molar-refractivity contribution in [3.63, 3.8) is 0 Å². The second kappa shape index (κ2) is 8.63. The van der Waals surface area contributed by atoms with Crippen LogP contribution in [-0.2, 0) is 6.54 Å². The third-order valence-corrected chi connectivity index (χ3v) is 5.36. The fraction of sp³-hybridized carbons (Fsp3) is 0.200. The average molecular weight is 431 g/mol. The van der Waals surface area contributed by atoms with E-state index in [4.69, 9.17) is 14.2 Å². The van der Waals surface area contributed by atoms with E-state index in [1.165, 1.54) is 0 Å². The average Bonchev–Trinajstić information content (AvgIpc) is 3.30. The molecular weight excluding hydrogens is 406 g/mol. The first-order chi connectivity index (χ1) is 15.5. The van der Waals surface area contributed by atoms with Crippen LogP contribution in [0.4, 0.5) is 0 Å². The maximum absolute atomic E-state index is 13.3. The molecule has 0 spiro atoms. The van der Waals surface area contributed by atoms with E-state index in [1.54, 1.807) is 45.6 Å². The Bertz CT molecular complexity index is 1340. The second-order valence-electron chi connectivity index (χ2n) is 7.24. The molecule has 4 rings (SSSR count). The van der Waals surface area contributed by atoms with Crippen LogP contribution in [0.25, 0.3) is 22.8 Å². The molecule has 0 unspecified atom stereocenters. The summed E-state index contributed by atoms with van der Waals surface area (Å²) in [5.41, 5.74) is 4.68. The van der Waals surface area contributed by atoms with E-state index in [0.29, 0.717) is 35.1 Å². The molecule has 2 aromatic heterocycles. The molecule has 0 atom stereocenters. The number of carbonyl (C=O) groups excluding carboxylic acids is 1. The third-order valence-electron chi connectivity index (χ3n) is 5.36. The van der Waals surface area contributed by atoms with E-state index in [-0.39, 0.29) is 5.78 Å². The number of nitrogens with zero attached hydrogens (tertiary/aromatic N) is 3. The Labute approximate surface area is 186 Å². The van der Waals surface area contributed by atoms with Gasteiger partial charge in [-0.3, -0.25) is 4.79 Å². The Morgan fingerprint density at radius 2 is 1.72 bits per heavy atom. The van der Waals surface area contributed by atoms with Gasteiger partial charge in [0.2, 0.25) is 5.75 Å². The SMILES string of the molecule is C=CCn1c2ccccc2n2nc(C)c(C(=O)C=Cc3cc(OC)c(OC)c(OC)c3)c12. The van der Waals surface area contributed by atoms with Gasteiger partial charge in [-0.2, -0.15) is 5.10 Å². The van der Waals surface area contributed by atoms with Gasteiger partial charge in [0.25, 0.3) is 0 Å². The zero-order valence-electron chi connectivity index (χ0n) is 18.6. The Hall–Kier alpha value is -4.00. The number of hydrogen-bond acceptors (Lipinski definition) is 5. The quantitative estimate of drug-likeness (QED) is 0.230. The van der Waals surface area contributed by atoms with Crippen LogP contribution in [0.1, 0.15) is 21.6 Å². The molecule has 0 amide bonds. The maximum Gasteiger partial charge on any atom is 0.203 e.